The Morgan fingerprint density at radius 3 is 2.23 bits per heavy atom. The van der Waals surface area contributed by atoms with Crippen molar-refractivity contribution in [2.75, 3.05) is 0 Å². The molecule has 1 amide bonds. The highest BCUT2D eigenvalue weighted by molar-refractivity contribution is 5.79. The van der Waals surface area contributed by atoms with Crippen molar-refractivity contribution in [3.8, 4) is 0 Å². The number of rotatable bonds is 6. The number of hydrogen-bond donors (Lipinski definition) is 2. The Labute approximate surface area is 172 Å². The number of hydrogen-bond acceptors (Lipinski definition) is 3. The highest BCUT2D eigenvalue weighted by atomic mass is 16.2. The van der Waals surface area contributed by atoms with Crippen molar-refractivity contribution in [1.82, 2.24) is 14.9 Å². The van der Waals surface area contributed by atoms with Crippen LogP contribution in [0.15, 0.2) is 94.5 Å². The number of aromatic amines is 1. The molecule has 0 aliphatic heterocycles. The van der Waals surface area contributed by atoms with E-state index in [9.17, 15) is 14.4 Å². The van der Waals surface area contributed by atoms with Crippen molar-refractivity contribution >= 4 is 16.8 Å². The summed E-state index contributed by atoms with van der Waals surface area (Å²) < 4.78 is 0.933. The molecule has 6 nitrogen and oxygen atoms in total. The van der Waals surface area contributed by atoms with Crippen LogP contribution >= 0.6 is 0 Å². The Morgan fingerprint density at radius 1 is 0.867 bits per heavy atom. The molecule has 3 aromatic carbocycles. The molecule has 0 saturated heterocycles. The second-order valence-corrected chi connectivity index (χ2v) is 7.09. The maximum absolute atomic E-state index is 12.8. The zero-order valence-corrected chi connectivity index (χ0v) is 16.2. The van der Waals surface area contributed by atoms with Gasteiger partial charge in [-0.1, -0.05) is 72.8 Å². The van der Waals surface area contributed by atoms with Crippen LogP contribution in [-0.2, 0) is 17.8 Å². The van der Waals surface area contributed by atoms with E-state index in [0.29, 0.717) is 17.3 Å². The first-order chi connectivity index (χ1) is 14.6. The third-order valence-electron chi connectivity index (χ3n) is 5.01. The van der Waals surface area contributed by atoms with Crippen molar-refractivity contribution in [2.45, 2.75) is 19.0 Å². The molecule has 0 bridgehead atoms. The van der Waals surface area contributed by atoms with Crippen molar-refractivity contribution in [1.29, 1.82) is 0 Å². The fourth-order valence-corrected chi connectivity index (χ4v) is 3.51. The van der Waals surface area contributed by atoms with Crippen LogP contribution in [0, 0.1) is 0 Å². The second-order valence-electron chi connectivity index (χ2n) is 7.09. The van der Waals surface area contributed by atoms with Gasteiger partial charge in [0, 0.05) is 0 Å². The minimum atomic E-state index is -0.604. The lowest BCUT2D eigenvalue weighted by Gasteiger charge is -2.20. The van der Waals surface area contributed by atoms with Crippen molar-refractivity contribution in [3.05, 3.63) is 117 Å². The van der Waals surface area contributed by atoms with Gasteiger partial charge in [0.2, 0.25) is 5.91 Å². The van der Waals surface area contributed by atoms with E-state index in [4.69, 9.17) is 0 Å². The molecule has 0 fully saturated rings. The number of amides is 1. The van der Waals surface area contributed by atoms with E-state index in [-0.39, 0.29) is 12.6 Å². The summed E-state index contributed by atoms with van der Waals surface area (Å²) in [7, 11) is 0. The summed E-state index contributed by atoms with van der Waals surface area (Å²) in [5.41, 5.74) is 1.40. The highest BCUT2D eigenvalue weighted by Gasteiger charge is 2.17. The molecule has 2 N–H and O–H groups in total. The summed E-state index contributed by atoms with van der Waals surface area (Å²) in [6.45, 7) is -0.350. The largest absolute Gasteiger partial charge is 0.347 e. The molecule has 0 aliphatic rings. The van der Waals surface area contributed by atoms with Gasteiger partial charge in [-0.2, -0.15) is 0 Å². The quantitative estimate of drug-likeness (QED) is 0.523. The zero-order chi connectivity index (χ0) is 20.9. The molecule has 1 aromatic heterocycles. The van der Waals surface area contributed by atoms with E-state index in [1.165, 1.54) is 0 Å². The van der Waals surface area contributed by atoms with E-state index in [1.807, 2.05) is 60.7 Å². The third-order valence-corrected chi connectivity index (χ3v) is 5.01. The van der Waals surface area contributed by atoms with E-state index in [2.05, 4.69) is 10.3 Å². The van der Waals surface area contributed by atoms with Crippen LogP contribution in [0.5, 0.6) is 0 Å². The van der Waals surface area contributed by atoms with Gasteiger partial charge in [-0.3, -0.25) is 14.2 Å². The number of carbonyl (C=O) groups excluding carboxylic acids is 1. The van der Waals surface area contributed by atoms with Crippen molar-refractivity contribution in [2.24, 2.45) is 0 Å². The van der Waals surface area contributed by atoms with Crippen LogP contribution in [0.2, 0.25) is 0 Å². The van der Waals surface area contributed by atoms with Gasteiger partial charge in [0.1, 0.15) is 6.54 Å². The van der Waals surface area contributed by atoms with E-state index in [0.717, 1.165) is 15.7 Å². The van der Waals surface area contributed by atoms with Crippen LogP contribution in [0.1, 0.15) is 17.2 Å². The summed E-state index contributed by atoms with van der Waals surface area (Å²) in [5, 5.41) is 3.35. The number of aromatic nitrogens is 2. The first-order valence-corrected chi connectivity index (χ1v) is 9.72. The second kappa shape index (κ2) is 8.61. The van der Waals surface area contributed by atoms with E-state index >= 15 is 0 Å². The number of nitrogens with one attached hydrogen (secondary N) is 2. The van der Waals surface area contributed by atoms with Crippen LogP contribution in [-0.4, -0.2) is 15.5 Å². The first-order valence-electron chi connectivity index (χ1n) is 9.72. The maximum atomic E-state index is 12.8. The Balaban J connectivity index is 1.60. The normalized spacial score (nSPS) is 11.9. The molecular formula is C24H21N3O3. The SMILES string of the molecule is O=C(Cn1c(=O)[nH]c2ccccc2c1=O)NC(Cc1ccccc1)c1ccccc1. The summed E-state index contributed by atoms with van der Waals surface area (Å²) in [5.74, 6) is -0.400. The average Bonchev–Trinajstić information content (AvgIpc) is 2.77. The lowest BCUT2D eigenvalue weighted by atomic mass is 9.99. The monoisotopic (exact) mass is 399 g/mol. The Morgan fingerprint density at radius 2 is 1.50 bits per heavy atom. The molecule has 0 spiro atoms. The Hall–Kier alpha value is -3.93. The minimum Gasteiger partial charge on any atom is -0.347 e. The number of fused-ring (bicyclic) bond motifs is 1. The Kier molecular flexibility index (Phi) is 5.57. The molecule has 0 aliphatic carbocycles. The van der Waals surface area contributed by atoms with Gasteiger partial charge in [-0.05, 0) is 29.7 Å². The summed E-state index contributed by atoms with van der Waals surface area (Å²) in [6, 6.07) is 26.0. The fraction of sp³-hybridized carbons (Fsp3) is 0.125. The van der Waals surface area contributed by atoms with Crippen LogP contribution in [0.3, 0.4) is 0 Å². The average molecular weight is 399 g/mol. The van der Waals surface area contributed by atoms with Crippen molar-refractivity contribution in [3.63, 3.8) is 0 Å². The summed E-state index contributed by atoms with van der Waals surface area (Å²) in [6.07, 6.45) is 0.597. The third kappa shape index (κ3) is 4.22. The summed E-state index contributed by atoms with van der Waals surface area (Å²) in [4.78, 5) is 40.5. The molecule has 4 aromatic rings. The van der Waals surface area contributed by atoms with Crippen molar-refractivity contribution < 1.29 is 4.79 Å². The molecule has 4 rings (SSSR count). The van der Waals surface area contributed by atoms with E-state index in [1.54, 1.807) is 24.3 Å². The van der Waals surface area contributed by atoms with Crippen LogP contribution in [0.4, 0.5) is 0 Å². The number of nitrogens with zero attached hydrogens (tertiary/aromatic N) is 1. The fourth-order valence-electron chi connectivity index (χ4n) is 3.51. The van der Waals surface area contributed by atoms with Gasteiger partial charge in [-0.15, -0.1) is 0 Å². The predicted molar refractivity (Wildman–Crippen MR) is 116 cm³/mol. The highest BCUT2D eigenvalue weighted by Crippen LogP contribution is 2.18. The molecule has 0 radical (unpaired) electrons. The number of carbonyl (C=O) groups is 1. The molecule has 30 heavy (non-hydrogen) atoms. The van der Waals surface area contributed by atoms with Gasteiger partial charge < -0.3 is 10.3 Å². The lowest BCUT2D eigenvalue weighted by molar-refractivity contribution is -0.122. The molecule has 1 unspecified atom stereocenters. The zero-order valence-electron chi connectivity index (χ0n) is 16.2. The molecule has 150 valence electrons. The molecule has 6 heteroatoms. The molecule has 1 atom stereocenters. The minimum absolute atomic E-state index is 0.281. The predicted octanol–water partition coefficient (Wildman–Crippen LogP) is 2.79. The van der Waals surface area contributed by atoms with Gasteiger partial charge in [0.25, 0.3) is 5.56 Å². The molecule has 1 heterocycles. The molecule has 0 saturated carbocycles. The van der Waals surface area contributed by atoms with Crippen LogP contribution < -0.4 is 16.6 Å². The maximum Gasteiger partial charge on any atom is 0.329 e. The number of benzene rings is 3. The topological polar surface area (TPSA) is 84.0 Å². The first kappa shape index (κ1) is 19.4. The summed E-state index contributed by atoms with van der Waals surface area (Å²) >= 11 is 0. The lowest BCUT2D eigenvalue weighted by Crippen LogP contribution is -2.41. The van der Waals surface area contributed by atoms with Gasteiger partial charge in [0.05, 0.1) is 16.9 Å². The standard InChI is InChI=1S/C24H21N3O3/c28-22(16-27-23(29)19-13-7-8-14-20(19)26-24(27)30)25-21(18-11-5-2-6-12-18)15-17-9-3-1-4-10-17/h1-14,21H,15-16H2,(H,25,28)(H,26,30). The number of para-hydroxylation sites is 1. The number of H-pyrrole nitrogens is 1. The molecular weight excluding hydrogens is 378 g/mol. The van der Waals surface area contributed by atoms with Gasteiger partial charge in [0.15, 0.2) is 0 Å². The van der Waals surface area contributed by atoms with E-state index < -0.39 is 17.2 Å². The van der Waals surface area contributed by atoms with Crippen LogP contribution in [0.25, 0.3) is 10.9 Å². The van der Waals surface area contributed by atoms with Gasteiger partial charge >= 0.3 is 5.69 Å². The van der Waals surface area contributed by atoms with Gasteiger partial charge in [-0.25, -0.2) is 4.79 Å². The Bertz CT molecular complexity index is 1280. The smallest absolute Gasteiger partial charge is 0.329 e.